The van der Waals surface area contributed by atoms with Gasteiger partial charge in [-0.1, -0.05) is 25.5 Å². The van der Waals surface area contributed by atoms with Crippen molar-refractivity contribution in [2.24, 2.45) is 0 Å². The average molecular weight is 297 g/mol. The van der Waals surface area contributed by atoms with Crippen LogP contribution in [0, 0.1) is 13.8 Å². The number of para-hydroxylation sites is 2. The lowest BCUT2D eigenvalue weighted by atomic mass is 10.2. The van der Waals surface area contributed by atoms with Crippen LogP contribution in [0.5, 0.6) is 0 Å². The normalized spacial score (nSPS) is 13.5. The minimum absolute atomic E-state index is 0.0553. The second-order valence-corrected chi connectivity index (χ2v) is 5.95. The van der Waals surface area contributed by atoms with Crippen molar-refractivity contribution in [1.82, 2.24) is 4.57 Å². The van der Waals surface area contributed by atoms with Gasteiger partial charge in [0.1, 0.15) is 5.69 Å². The molecule has 4 heteroatoms. The summed E-state index contributed by atoms with van der Waals surface area (Å²) < 4.78 is 2.17. The number of nitrogens with one attached hydrogen (secondary N) is 1. The van der Waals surface area contributed by atoms with Gasteiger partial charge in [0.15, 0.2) is 0 Å². The van der Waals surface area contributed by atoms with Crippen molar-refractivity contribution in [3.63, 3.8) is 0 Å². The third kappa shape index (κ3) is 2.10. The van der Waals surface area contributed by atoms with Crippen LogP contribution in [-0.4, -0.2) is 17.5 Å². The molecule has 1 N–H and O–H groups in total. The maximum atomic E-state index is 13.0. The van der Waals surface area contributed by atoms with Crippen LogP contribution in [0.25, 0.3) is 0 Å². The van der Waals surface area contributed by atoms with Crippen LogP contribution < -0.4 is 10.2 Å². The summed E-state index contributed by atoms with van der Waals surface area (Å²) in [7, 11) is 1.85. The number of nitrogens with zero attached hydrogens (tertiary/aromatic N) is 2. The molecule has 0 saturated carbocycles. The molecule has 0 bridgehead atoms. The Balaban J connectivity index is 2.19. The highest BCUT2D eigenvalue weighted by molar-refractivity contribution is 6.13. The number of benzene rings is 1. The topological polar surface area (TPSA) is 37.3 Å². The highest BCUT2D eigenvalue weighted by Gasteiger charge is 2.30. The van der Waals surface area contributed by atoms with Gasteiger partial charge in [0.05, 0.1) is 17.1 Å². The number of hydrogen-bond acceptors (Lipinski definition) is 2. The van der Waals surface area contributed by atoms with E-state index in [0.29, 0.717) is 0 Å². The van der Waals surface area contributed by atoms with Crippen LogP contribution in [0.3, 0.4) is 0 Å². The Bertz CT molecular complexity index is 730. The fraction of sp³-hybridized carbons (Fsp3) is 0.389. The van der Waals surface area contributed by atoms with Gasteiger partial charge < -0.3 is 14.8 Å². The largest absolute Gasteiger partial charge is 0.352 e. The van der Waals surface area contributed by atoms with E-state index in [1.54, 1.807) is 4.90 Å². The average Bonchev–Trinajstić information content (AvgIpc) is 2.69. The number of unbranched alkanes of at least 4 members (excludes halogenated alkanes) is 1. The Morgan fingerprint density at radius 3 is 2.64 bits per heavy atom. The molecule has 1 amide bonds. The molecule has 0 unspecified atom stereocenters. The van der Waals surface area contributed by atoms with Crippen LogP contribution in [0.4, 0.5) is 17.1 Å². The lowest BCUT2D eigenvalue weighted by Gasteiger charge is -2.18. The number of fused-ring (bicyclic) bond motifs is 2. The van der Waals surface area contributed by atoms with Crippen molar-refractivity contribution in [3.05, 3.63) is 41.2 Å². The van der Waals surface area contributed by atoms with Gasteiger partial charge in [-0.15, -0.1) is 0 Å². The predicted octanol–water partition coefficient (Wildman–Crippen LogP) is 4.24. The van der Waals surface area contributed by atoms with E-state index >= 15 is 0 Å². The first-order valence-corrected chi connectivity index (χ1v) is 7.90. The smallest absolute Gasteiger partial charge is 0.276 e. The lowest BCUT2D eigenvalue weighted by molar-refractivity contribution is 0.0985. The summed E-state index contributed by atoms with van der Waals surface area (Å²) in [6.07, 6.45) is 2.19. The number of aromatic nitrogens is 1. The summed E-state index contributed by atoms with van der Waals surface area (Å²) in [4.78, 5) is 14.8. The van der Waals surface area contributed by atoms with E-state index in [0.717, 1.165) is 47.7 Å². The molecule has 0 aliphatic carbocycles. The Labute approximate surface area is 131 Å². The minimum Gasteiger partial charge on any atom is -0.352 e. The summed E-state index contributed by atoms with van der Waals surface area (Å²) in [5.74, 6) is 0.0553. The Hall–Kier alpha value is -2.23. The number of carbonyl (C=O) groups is 1. The van der Waals surface area contributed by atoms with E-state index < -0.39 is 0 Å². The lowest BCUT2D eigenvalue weighted by Crippen LogP contribution is -2.28. The van der Waals surface area contributed by atoms with Gasteiger partial charge in [0.25, 0.3) is 5.91 Å². The van der Waals surface area contributed by atoms with Gasteiger partial charge in [0.2, 0.25) is 0 Å². The molecule has 116 valence electrons. The highest BCUT2D eigenvalue weighted by Crippen LogP contribution is 2.38. The number of carbonyl (C=O) groups excluding carboxylic acids is 1. The zero-order valence-corrected chi connectivity index (χ0v) is 13.7. The molecule has 0 fully saturated rings. The Morgan fingerprint density at radius 1 is 1.18 bits per heavy atom. The quantitative estimate of drug-likeness (QED) is 0.920. The SMILES string of the molecule is CCCCn1c(C)c(C)c2c1C(=O)N(C)c1ccccc1N2. The summed E-state index contributed by atoms with van der Waals surface area (Å²) in [6.45, 7) is 7.24. The molecule has 4 nitrogen and oxygen atoms in total. The molecule has 2 heterocycles. The maximum Gasteiger partial charge on any atom is 0.276 e. The first kappa shape index (κ1) is 14.7. The van der Waals surface area contributed by atoms with Crippen LogP contribution in [0.15, 0.2) is 24.3 Å². The molecule has 3 rings (SSSR count). The fourth-order valence-corrected chi connectivity index (χ4v) is 3.11. The zero-order chi connectivity index (χ0) is 15.9. The van der Waals surface area contributed by atoms with Crippen LogP contribution in [-0.2, 0) is 6.54 Å². The summed E-state index contributed by atoms with van der Waals surface area (Å²) in [6, 6.07) is 7.95. The summed E-state index contributed by atoms with van der Waals surface area (Å²) in [5, 5.41) is 3.49. The van der Waals surface area contributed by atoms with Gasteiger partial charge in [-0.2, -0.15) is 0 Å². The van der Waals surface area contributed by atoms with Crippen molar-refractivity contribution in [2.45, 2.75) is 40.2 Å². The molecular formula is C18H23N3O. The van der Waals surface area contributed by atoms with Gasteiger partial charge >= 0.3 is 0 Å². The fourth-order valence-electron chi connectivity index (χ4n) is 3.11. The summed E-state index contributed by atoms with van der Waals surface area (Å²) >= 11 is 0. The molecule has 0 spiro atoms. The van der Waals surface area contributed by atoms with Gasteiger partial charge in [-0.05, 0) is 38.0 Å². The second kappa shape index (κ2) is 5.52. The van der Waals surface area contributed by atoms with Gasteiger partial charge in [-0.3, -0.25) is 4.79 Å². The molecule has 0 radical (unpaired) electrons. The van der Waals surface area contributed by atoms with Gasteiger partial charge in [0, 0.05) is 19.3 Å². The molecular weight excluding hydrogens is 274 g/mol. The maximum absolute atomic E-state index is 13.0. The predicted molar refractivity (Wildman–Crippen MR) is 91.3 cm³/mol. The van der Waals surface area contributed by atoms with Crippen molar-refractivity contribution < 1.29 is 4.79 Å². The Morgan fingerprint density at radius 2 is 1.91 bits per heavy atom. The van der Waals surface area contributed by atoms with Crippen LogP contribution >= 0.6 is 0 Å². The molecule has 22 heavy (non-hydrogen) atoms. The molecule has 0 atom stereocenters. The van der Waals surface area contributed by atoms with E-state index in [2.05, 4.69) is 30.7 Å². The highest BCUT2D eigenvalue weighted by atomic mass is 16.2. The zero-order valence-electron chi connectivity index (χ0n) is 13.7. The van der Waals surface area contributed by atoms with Crippen molar-refractivity contribution >= 4 is 23.0 Å². The minimum atomic E-state index is 0.0553. The molecule has 1 aromatic carbocycles. The number of anilines is 3. The molecule has 1 aliphatic heterocycles. The van der Waals surface area contributed by atoms with E-state index in [1.165, 1.54) is 5.69 Å². The van der Waals surface area contributed by atoms with Crippen molar-refractivity contribution in [2.75, 3.05) is 17.3 Å². The molecule has 1 aromatic heterocycles. The Kier molecular flexibility index (Phi) is 3.69. The first-order valence-electron chi connectivity index (χ1n) is 7.90. The monoisotopic (exact) mass is 297 g/mol. The van der Waals surface area contributed by atoms with Crippen molar-refractivity contribution in [1.29, 1.82) is 0 Å². The van der Waals surface area contributed by atoms with E-state index in [4.69, 9.17) is 0 Å². The van der Waals surface area contributed by atoms with Crippen molar-refractivity contribution in [3.8, 4) is 0 Å². The first-order chi connectivity index (χ1) is 10.6. The van der Waals surface area contributed by atoms with Gasteiger partial charge in [-0.25, -0.2) is 0 Å². The van der Waals surface area contributed by atoms with Crippen LogP contribution in [0.2, 0.25) is 0 Å². The number of rotatable bonds is 3. The standard InChI is InChI=1S/C18H23N3O/c1-5-6-11-21-13(3)12(2)16-17(21)18(22)20(4)15-10-8-7-9-14(15)19-16/h7-10,19H,5-6,11H2,1-4H3. The van der Waals surface area contributed by atoms with E-state index in [9.17, 15) is 4.79 Å². The third-order valence-corrected chi connectivity index (χ3v) is 4.60. The number of amides is 1. The van der Waals surface area contributed by atoms with E-state index in [1.807, 2.05) is 31.3 Å². The molecule has 2 aromatic rings. The molecule has 0 saturated heterocycles. The van der Waals surface area contributed by atoms with E-state index in [-0.39, 0.29) is 5.91 Å². The van der Waals surface area contributed by atoms with Crippen LogP contribution in [0.1, 0.15) is 41.5 Å². The number of hydrogen-bond donors (Lipinski definition) is 1. The molecule has 1 aliphatic rings. The third-order valence-electron chi connectivity index (χ3n) is 4.60. The summed E-state index contributed by atoms with van der Waals surface area (Å²) in [5.41, 5.74) is 5.96. The second-order valence-electron chi connectivity index (χ2n) is 5.95.